The number of sulfonamides is 1. The lowest BCUT2D eigenvalue weighted by Crippen LogP contribution is -2.11. The van der Waals surface area contributed by atoms with Gasteiger partial charge >= 0.3 is 0 Å². The van der Waals surface area contributed by atoms with Crippen LogP contribution in [0, 0.1) is 0 Å². The monoisotopic (exact) mass is 359 g/mol. The quantitative estimate of drug-likeness (QED) is 0.709. The minimum Gasteiger partial charge on any atom is -0.287 e. The summed E-state index contributed by atoms with van der Waals surface area (Å²) in [5.74, 6) is 0.910. The van der Waals surface area contributed by atoms with Gasteiger partial charge in [0.2, 0.25) is 10.0 Å². The molecule has 24 heavy (non-hydrogen) atoms. The predicted octanol–water partition coefficient (Wildman–Crippen LogP) is 3.30. The lowest BCUT2D eigenvalue weighted by Gasteiger charge is -2.12. The van der Waals surface area contributed by atoms with E-state index in [0.29, 0.717) is 0 Å². The van der Waals surface area contributed by atoms with E-state index in [0.717, 1.165) is 27.9 Å². The number of hydrogen-bond donors (Lipinski definition) is 1. The molecule has 0 amide bonds. The van der Waals surface area contributed by atoms with Crippen LogP contribution in [-0.2, 0) is 10.0 Å². The zero-order chi connectivity index (χ0) is 17.2. The molecule has 0 bridgehead atoms. The third-order valence-electron chi connectivity index (χ3n) is 3.50. The number of primary sulfonamides is 1. The first-order valence-electron chi connectivity index (χ1n) is 7.40. The van der Waals surface area contributed by atoms with E-state index in [2.05, 4.69) is 16.5 Å². The Bertz CT molecular complexity index is 934. The van der Waals surface area contributed by atoms with Gasteiger partial charge in [-0.15, -0.1) is 0 Å². The Hall–Kier alpha value is -2.09. The third kappa shape index (κ3) is 3.38. The number of imidazole rings is 1. The van der Waals surface area contributed by atoms with Gasteiger partial charge in [-0.3, -0.25) is 4.57 Å². The summed E-state index contributed by atoms with van der Waals surface area (Å²) in [6.45, 7) is 2.08. The van der Waals surface area contributed by atoms with Gasteiger partial charge in [-0.05, 0) is 30.0 Å². The van der Waals surface area contributed by atoms with Gasteiger partial charge in [0.1, 0.15) is 0 Å². The predicted molar refractivity (Wildman–Crippen MR) is 96.8 cm³/mol. The van der Waals surface area contributed by atoms with Crippen LogP contribution in [0.1, 0.15) is 6.92 Å². The molecule has 124 valence electrons. The summed E-state index contributed by atoms with van der Waals surface area (Å²) in [6.07, 6.45) is 1.80. The van der Waals surface area contributed by atoms with Crippen molar-refractivity contribution in [2.45, 2.75) is 17.0 Å². The van der Waals surface area contributed by atoms with E-state index in [1.807, 2.05) is 30.3 Å². The largest absolute Gasteiger partial charge is 0.287 e. The van der Waals surface area contributed by atoms with Gasteiger partial charge in [-0.1, -0.05) is 49.0 Å². The highest BCUT2D eigenvalue weighted by Crippen LogP contribution is 2.30. The van der Waals surface area contributed by atoms with Crippen molar-refractivity contribution in [2.24, 2.45) is 5.14 Å². The number of para-hydroxylation sites is 1. The van der Waals surface area contributed by atoms with Gasteiger partial charge in [-0.25, -0.2) is 18.5 Å². The van der Waals surface area contributed by atoms with E-state index in [-0.39, 0.29) is 4.90 Å². The number of aromatic nitrogens is 2. The topological polar surface area (TPSA) is 78.0 Å². The smallest absolute Gasteiger partial charge is 0.238 e. The zero-order valence-electron chi connectivity index (χ0n) is 13.1. The van der Waals surface area contributed by atoms with Crippen LogP contribution < -0.4 is 5.14 Å². The van der Waals surface area contributed by atoms with E-state index < -0.39 is 10.0 Å². The Labute approximate surface area is 145 Å². The number of nitrogens with two attached hydrogens (primary N) is 1. The molecular weight excluding hydrogens is 342 g/mol. The molecule has 3 aromatic rings. The van der Waals surface area contributed by atoms with E-state index in [1.54, 1.807) is 30.1 Å². The minimum atomic E-state index is -3.69. The van der Waals surface area contributed by atoms with Crippen molar-refractivity contribution in [3.8, 4) is 16.9 Å². The first-order chi connectivity index (χ1) is 11.5. The van der Waals surface area contributed by atoms with Gasteiger partial charge in [0.05, 0.1) is 16.8 Å². The van der Waals surface area contributed by atoms with Crippen molar-refractivity contribution in [3.05, 3.63) is 60.8 Å². The molecule has 0 spiro atoms. The lowest BCUT2D eigenvalue weighted by molar-refractivity contribution is 0.598. The molecule has 1 heterocycles. The van der Waals surface area contributed by atoms with E-state index in [4.69, 9.17) is 5.14 Å². The van der Waals surface area contributed by atoms with Crippen molar-refractivity contribution in [2.75, 3.05) is 5.75 Å². The molecule has 0 aliphatic heterocycles. The average Bonchev–Trinajstić information content (AvgIpc) is 2.99. The highest BCUT2D eigenvalue weighted by Gasteiger charge is 2.14. The van der Waals surface area contributed by atoms with Crippen molar-refractivity contribution in [1.29, 1.82) is 0 Å². The highest BCUT2D eigenvalue weighted by molar-refractivity contribution is 7.99. The van der Waals surface area contributed by atoms with Crippen LogP contribution in [0.2, 0.25) is 0 Å². The van der Waals surface area contributed by atoms with Gasteiger partial charge in [0.25, 0.3) is 0 Å². The van der Waals surface area contributed by atoms with Crippen molar-refractivity contribution in [3.63, 3.8) is 0 Å². The maximum Gasteiger partial charge on any atom is 0.238 e. The Morgan fingerprint density at radius 2 is 1.75 bits per heavy atom. The zero-order valence-corrected chi connectivity index (χ0v) is 14.7. The van der Waals surface area contributed by atoms with Crippen LogP contribution in [0.5, 0.6) is 0 Å². The second kappa shape index (κ2) is 6.80. The summed E-state index contributed by atoms with van der Waals surface area (Å²) < 4.78 is 24.9. The fourth-order valence-electron chi connectivity index (χ4n) is 2.41. The Morgan fingerprint density at radius 3 is 2.33 bits per heavy atom. The van der Waals surface area contributed by atoms with Crippen molar-refractivity contribution in [1.82, 2.24) is 9.55 Å². The molecule has 7 heteroatoms. The van der Waals surface area contributed by atoms with E-state index in [9.17, 15) is 8.42 Å². The molecule has 1 aromatic heterocycles. The Balaban J connectivity index is 2.12. The summed E-state index contributed by atoms with van der Waals surface area (Å²) in [5.41, 5.74) is 2.79. The highest BCUT2D eigenvalue weighted by atomic mass is 32.2. The molecule has 0 saturated carbocycles. The normalized spacial score (nSPS) is 11.6. The summed E-state index contributed by atoms with van der Waals surface area (Å²) in [6, 6.07) is 16.5. The molecular formula is C17H17N3O2S2. The maximum absolute atomic E-state index is 11.4. The fourth-order valence-corrected chi connectivity index (χ4v) is 3.65. The van der Waals surface area contributed by atoms with E-state index in [1.165, 1.54) is 12.1 Å². The van der Waals surface area contributed by atoms with Crippen LogP contribution in [0.3, 0.4) is 0 Å². The first kappa shape index (κ1) is 16.8. The molecule has 0 saturated heterocycles. The minimum absolute atomic E-state index is 0.0974. The van der Waals surface area contributed by atoms with Crippen molar-refractivity contribution < 1.29 is 8.42 Å². The fraction of sp³-hybridized carbons (Fsp3) is 0.118. The number of rotatable bonds is 5. The lowest BCUT2D eigenvalue weighted by atomic mass is 10.1. The van der Waals surface area contributed by atoms with Crippen LogP contribution in [0.25, 0.3) is 16.9 Å². The van der Waals surface area contributed by atoms with Crippen LogP contribution in [0.4, 0.5) is 0 Å². The molecule has 2 aromatic carbocycles. The second-order valence-electron chi connectivity index (χ2n) is 5.10. The standard InChI is InChI=1S/C17H17N3O2S2/c1-2-23-17-19-12-16(20(17)14-6-4-3-5-7-14)13-8-10-15(11-9-13)24(18,21)22/h3-12H,2H2,1H3,(H2,18,21,22). The summed E-state index contributed by atoms with van der Waals surface area (Å²) in [5, 5.41) is 6.06. The molecule has 3 rings (SSSR count). The molecule has 0 fully saturated rings. The summed E-state index contributed by atoms with van der Waals surface area (Å²) >= 11 is 1.66. The maximum atomic E-state index is 11.4. The van der Waals surface area contributed by atoms with Gasteiger partial charge in [0, 0.05) is 11.3 Å². The molecule has 0 atom stereocenters. The van der Waals surface area contributed by atoms with E-state index >= 15 is 0 Å². The van der Waals surface area contributed by atoms with Crippen LogP contribution in [-0.4, -0.2) is 23.7 Å². The van der Waals surface area contributed by atoms with Gasteiger partial charge < -0.3 is 0 Å². The third-order valence-corrected chi connectivity index (χ3v) is 5.26. The van der Waals surface area contributed by atoms with Crippen LogP contribution in [0.15, 0.2) is 70.8 Å². The number of nitrogens with zero attached hydrogens (tertiary/aromatic N) is 2. The average molecular weight is 359 g/mol. The Kier molecular flexibility index (Phi) is 4.75. The summed E-state index contributed by atoms with van der Waals surface area (Å²) in [7, 11) is -3.69. The van der Waals surface area contributed by atoms with Gasteiger partial charge in [-0.2, -0.15) is 0 Å². The number of hydrogen-bond acceptors (Lipinski definition) is 4. The Morgan fingerprint density at radius 1 is 1.08 bits per heavy atom. The number of benzene rings is 2. The molecule has 0 unspecified atom stereocenters. The molecule has 0 radical (unpaired) electrons. The first-order valence-corrected chi connectivity index (χ1v) is 9.93. The molecule has 5 nitrogen and oxygen atoms in total. The summed E-state index contributed by atoms with van der Waals surface area (Å²) in [4.78, 5) is 4.61. The van der Waals surface area contributed by atoms with Crippen molar-refractivity contribution >= 4 is 21.8 Å². The second-order valence-corrected chi connectivity index (χ2v) is 7.89. The SMILES string of the molecule is CCSc1ncc(-c2ccc(S(N)(=O)=O)cc2)n1-c1ccccc1. The molecule has 2 N–H and O–H groups in total. The van der Waals surface area contributed by atoms with Gasteiger partial charge in [0.15, 0.2) is 5.16 Å². The molecule has 0 aliphatic rings. The molecule has 0 aliphatic carbocycles. The van der Waals surface area contributed by atoms with Crippen LogP contribution >= 0.6 is 11.8 Å². The number of thioether (sulfide) groups is 1.